The summed E-state index contributed by atoms with van der Waals surface area (Å²) in [6, 6.07) is 19.1. The normalized spacial score (nSPS) is 15.7. The summed E-state index contributed by atoms with van der Waals surface area (Å²) >= 11 is 0. The molecule has 1 aliphatic carbocycles. The molecule has 5 rings (SSSR count). The minimum atomic E-state index is -0.166. The SMILES string of the molecule is CCc1cc(C2(c3cc(C)c(N)c(CC)c3)CCC(c3cc(C)c(N)c(CC)c3)(c3cc(C)c(N)c(CC)c3)CC2)cc(C)c1N. The smallest absolute Gasteiger partial charge is 0.0376 e. The first-order valence-corrected chi connectivity index (χ1v) is 17.4. The van der Waals surface area contributed by atoms with Crippen LogP contribution in [0.25, 0.3) is 0 Å². The van der Waals surface area contributed by atoms with Crippen LogP contribution in [0.1, 0.15) is 120 Å². The molecule has 1 fully saturated rings. The first kappa shape index (κ1) is 33.4. The maximum absolute atomic E-state index is 6.63. The van der Waals surface area contributed by atoms with Crippen LogP contribution in [0.5, 0.6) is 0 Å². The summed E-state index contributed by atoms with van der Waals surface area (Å²) in [5, 5.41) is 0. The standard InChI is InChI=1S/C42H56N4/c1-9-29-21-33(17-25(5)37(29)43)41(34-18-26(6)38(44)30(10-2)22-34)13-15-42(16-14-41,35-19-27(7)39(45)31(11-3)23-35)36-20-28(8)40(46)32(12-4)24-36/h17-24H,9-16,43-46H2,1-8H3. The molecule has 0 unspecified atom stereocenters. The van der Waals surface area contributed by atoms with Gasteiger partial charge in [-0.25, -0.2) is 0 Å². The Morgan fingerprint density at radius 3 is 0.761 bits per heavy atom. The average Bonchev–Trinajstić information content (AvgIpc) is 3.05. The van der Waals surface area contributed by atoms with Gasteiger partial charge in [0.2, 0.25) is 0 Å². The third kappa shape index (κ3) is 5.44. The number of anilines is 4. The number of hydrogen-bond donors (Lipinski definition) is 4. The van der Waals surface area contributed by atoms with Crippen molar-refractivity contribution in [2.75, 3.05) is 22.9 Å². The van der Waals surface area contributed by atoms with Crippen molar-refractivity contribution in [3.63, 3.8) is 0 Å². The fraction of sp³-hybridized carbons (Fsp3) is 0.429. The molecule has 0 atom stereocenters. The van der Waals surface area contributed by atoms with Gasteiger partial charge in [0, 0.05) is 33.6 Å². The summed E-state index contributed by atoms with van der Waals surface area (Å²) in [6.07, 6.45) is 7.66. The number of nitrogens with two attached hydrogens (primary N) is 4. The van der Waals surface area contributed by atoms with Gasteiger partial charge in [-0.1, -0.05) is 76.2 Å². The Bertz CT molecular complexity index is 1520. The van der Waals surface area contributed by atoms with Gasteiger partial charge in [0.05, 0.1) is 0 Å². The summed E-state index contributed by atoms with van der Waals surface area (Å²) < 4.78 is 0. The zero-order chi connectivity index (χ0) is 33.6. The lowest BCUT2D eigenvalue weighted by Crippen LogP contribution is -2.42. The topological polar surface area (TPSA) is 104 Å². The minimum absolute atomic E-state index is 0.166. The minimum Gasteiger partial charge on any atom is -0.398 e. The number of nitrogen functional groups attached to an aromatic ring is 4. The summed E-state index contributed by atoms with van der Waals surface area (Å²) in [7, 11) is 0. The second-order valence-corrected chi connectivity index (χ2v) is 14.0. The summed E-state index contributed by atoms with van der Waals surface area (Å²) in [5.74, 6) is 0. The average molecular weight is 617 g/mol. The highest BCUT2D eigenvalue weighted by molar-refractivity contribution is 5.64. The third-order valence-electron chi connectivity index (χ3n) is 11.6. The zero-order valence-corrected chi connectivity index (χ0v) is 29.6. The molecule has 0 heterocycles. The van der Waals surface area contributed by atoms with Gasteiger partial charge >= 0.3 is 0 Å². The Balaban J connectivity index is 1.78. The van der Waals surface area contributed by atoms with Gasteiger partial charge in [0.15, 0.2) is 0 Å². The molecule has 4 nitrogen and oxygen atoms in total. The highest BCUT2D eigenvalue weighted by Gasteiger charge is 2.47. The molecule has 4 aromatic rings. The zero-order valence-electron chi connectivity index (χ0n) is 29.6. The Kier molecular flexibility index (Phi) is 9.23. The molecule has 1 saturated carbocycles. The Morgan fingerprint density at radius 2 is 0.587 bits per heavy atom. The van der Waals surface area contributed by atoms with E-state index in [4.69, 9.17) is 22.9 Å². The van der Waals surface area contributed by atoms with Crippen LogP contribution in [0.2, 0.25) is 0 Å². The summed E-state index contributed by atoms with van der Waals surface area (Å²) in [5.41, 5.74) is 45.0. The molecule has 0 aliphatic heterocycles. The molecule has 0 radical (unpaired) electrons. The molecule has 4 heteroatoms. The van der Waals surface area contributed by atoms with Crippen molar-refractivity contribution in [1.29, 1.82) is 0 Å². The maximum atomic E-state index is 6.63. The van der Waals surface area contributed by atoms with Crippen LogP contribution in [0.4, 0.5) is 22.7 Å². The van der Waals surface area contributed by atoms with Crippen molar-refractivity contribution in [3.05, 3.63) is 115 Å². The number of hydrogen-bond acceptors (Lipinski definition) is 4. The number of rotatable bonds is 8. The van der Waals surface area contributed by atoms with Crippen LogP contribution in [0.3, 0.4) is 0 Å². The molecule has 0 spiro atoms. The quantitative estimate of drug-likeness (QED) is 0.148. The van der Waals surface area contributed by atoms with Gasteiger partial charge < -0.3 is 22.9 Å². The lowest BCUT2D eigenvalue weighted by molar-refractivity contribution is 0.256. The van der Waals surface area contributed by atoms with E-state index in [2.05, 4.69) is 104 Å². The Labute approximate surface area is 278 Å². The van der Waals surface area contributed by atoms with Crippen LogP contribution >= 0.6 is 0 Å². The van der Waals surface area contributed by atoms with E-state index in [0.717, 1.165) is 96.4 Å². The monoisotopic (exact) mass is 616 g/mol. The van der Waals surface area contributed by atoms with Gasteiger partial charge in [-0.2, -0.15) is 0 Å². The fourth-order valence-corrected chi connectivity index (χ4v) is 8.35. The van der Waals surface area contributed by atoms with Gasteiger partial charge in [0.25, 0.3) is 0 Å². The Hall–Kier alpha value is -3.92. The van der Waals surface area contributed by atoms with E-state index >= 15 is 0 Å². The second kappa shape index (κ2) is 12.7. The largest absolute Gasteiger partial charge is 0.398 e. The van der Waals surface area contributed by atoms with Crippen molar-refractivity contribution in [3.8, 4) is 0 Å². The van der Waals surface area contributed by atoms with Crippen molar-refractivity contribution in [2.24, 2.45) is 0 Å². The van der Waals surface area contributed by atoms with Crippen LogP contribution < -0.4 is 22.9 Å². The van der Waals surface area contributed by atoms with E-state index in [1.807, 2.05) is 0 Å². The second-order valence-electron chi connectivity index (χ2n) is 14.0. The molecule has 8 N–H and O–H groups in total. The predicted octanol–water partition coefficient (Wildman–Crippen LogP) is 9.35. The van der Waals surface area contributed by atoms with Crippen molar-refractivity contribution < 1.29 is 0 Å². The number of aryl methyl sites for hydroxylation is 8. The molecule has 0 aromatic heterocycles. The van der Waals surface area contributed by atoms with E-state index in [1.165, 1.54) is 44.5 Å². The molecule has 4 aromatic carbocycles. The van der Waals surface area contributed by atoms with E-state index in [9.17, 15) is 0 Å². The van der Waals surface area contributed by atoms with Crippen LogP contribution in [-0.2, 0) is 36.5 Å². The van der Waals surface area contributed by atoms with Gasteiger partial charge in [-0.3, -0.25) is 0 Å². The van der Waals surface area contributed by atoms with Crippen molar-refractivity contribution in [1.82, 2.24) is 0 Å². The lowest BCUT2D eigenvalue weighted by atomic mass is 9.54. The predicted molar refractivity (Wildman–Crippen MR) is 200 cm³/mol. The molecule has 0 saturated heterocycles. The summed E-state index contributed by atoms with van der Waals surface area (Å²) in [6.45, 7) is 17.5. The number of benzene rings is 4. The molecular formula is C42H56N4. The summed E-state index contributed by atoms with van der Waals surface area (Å²) in [4.78, 5) is 0. The highest BCUT2D eigenvalue weighted by Crippen LogP contribution is 2.56. The van der Waals surface area contributed by atoms with E-state index in [1.54, 1.807) is 0 Å². The molecule has 1 aliphatic rings. The van der Waals surface area contributed by atoms with E-state index in [0.29, 0.717) is 0 Å². The van der Waals surface area contributed by atoms with Crippen molar-refractivity contribution in [2.45, 2.75) is 118 Å². The van der Waals surface area contributed by atoms with Crippen molar-refractivity contribution >= 4 is 22.7 Å². The fourth-order valence-electron chi connectivity index (χ4n) is 8.35. The molecule has 0 amide bonds. The third-order valence-corrected chi connectivity index (χ3v) is 11.6. The maximum Gasteiger partial charge on any atom is 0.0376 e. The van der Waals surface area contributed by atoms with Gasteiger partial charge in [0.1, 0.15) is 0 Å². The lowest BCUT2D eigenvalue weighted by Gasteiger charge is -2.49. The highest BCUT2D eigenvalue weighted by atomic mass is 14.6. The molecule has 244 valence electrons. The Morgan fingerprint density at radius 1 is 0.391 bits per heavy atom. The first-order valence-electron chi connectivity index (χ1n) is 17.4. The van der Waals surface area contributed by atoms with Crippen LogP contribution in [0.15, 0.2) is 48.5 Å². The first-order chi connectivity index (χ1) is 21.8. The molecular weight excluding hydrogens is 560 g/mol. The molecule has 0 bridgehead atoms. The van der Waals surface area contributed by atoms with Crippen LogP contribution in [-0.4, -0.2) is 0 Å². The van der Waals surface area contributed by atoms with Gasteiger partial charge in [-0.05, 0) is 146 Å². The van der Waals surface area contributed by atoms with Crippen LogP contribution in [0, 0.1) is 27.7 Å². The van der Waals surface area contributed by atoms with Gasteiger partial charge in [-0.15, -0.1) is 0 Å². The van der Waals surface area contributed by atoms with E-state index < -0.39 is 0 Å². The molecule has 46 heavy (non-hydrogen) atoms. The van der Waals surface area contributed by atoms with E-state index in [-0.39, 0.29) is 10.8 Å².